The lowest BCUT2D eigenvalue weighted by atomic mass is 10.1. The summed E-state index contributed by atoms with van der Waals surface area (Å²) in [6.07, 6.45) is 0. The number of rotatable bonds is 4. The summed E-state index contributed by atoms with van der Waals surface area (Å²) in [4.78, 5) is 27.9. The molecule has 0 fully saturated rings. The zero-order chi connectivity index (χ0) is 16.8. The summed E-state index contributed by atoms with van der Waals surface area (Å²) < 4.78 is 10.4. The first-order chi connectivity index (χ1) is 11.0. The van der Waals surface area contributed by atoms with E-state index in [0.29, 0.717) is 23.2 Å². The Labute approximate surface area is 138 Å². The average Bonchev–Trinajstić information content (AvgIpc) is 3.06. The van der Waals surface area contributed by atoms with Gasteiger partial charge in [0, 0.05) is 5.75 Å². The first-order valence-corrected chi connectivity index (χ1v) is 8.04. The van der Waals surface area contributed by atoms with Crippen LogP contribution in [0.4, 0.5) is 0 Å². The normalized spacial score (nSPS) is 14.7. The van der Waals surface area contributed by atoms with E-state index in [2.05, 4.69) is 15.6 Å². The summed E-state index contributed by atoms with van der Waals surface area (Å²) in [7, 11) is 3.09. The van der Waals surface area contributed by atoms with E-state index < -0.39 is 11.8 Å². The Morgan fingerprint density at radius 1 is 1.22 bits per heavy atom. The molecule has 2 amide bonds. The van der Waals surface area contributed by atoms with Crippen molar-refractivity contribution in [3.8, 4) is 11.5 Å². The van der Waals surface area contributed by atoms with Gasteiger partial charge in [0.1, 0.15) is 0 Å². The lowest BCUT2D eigenvalue weighted by molar-refractivity contribution is -0.138. The molecule has 1 aromatic carbocycles. The summed E-state index contributed by atoms with van der Waals surface area (Å²) in [6.45, 7) is 2.44. The van der Waals surface area contributed by atoms with Gasteiger partial charge >= 0.3 is 11.8 Å². The second-order valence-electron chi connectivity index (χ2n) is 4.80. The van der Waals surface area contributed by atoms with Gasteiger partial charge in [0.15, 0.2) is 16.7 Å². The Balaban J connectivity index is 1.98. The van der Waals surface area contributed by atoms with Gasteiger partial charge in [-0.25, -0.2) is 0 Å². The lowest BCUT2D eigenvalue weighted by Gasteiger charge is -2.16. The minimum atomic E-state index is -0.717. The van der Waals surface area contributed by atoms with E-state index in [4.69, 9.17) is 9.47 Å². The number of hydrogen-bond donors (Lipinski definition) is 2. The molecule has 0 saturated carbocycles. The predicted molar refractivity (Wildman–Crippen MR) is 89.0 cm³/mol. The van der Waals surface area contributed by atoms with Gasteiger partial charge in [0.05, 0.1) is 26.8 Å². The van der Waals surface area contributed by atoms with Crippen molar-refractivity contribution in [3.63, 3.8) is 0 Å². The van der Waals surface area contributed by atoms with Gasteiger partial charge in [-0.15, -0.1) is 0 Å². The molecule has 2 rings (SSSR count). The predicted octanol–water partition coefficient (Wildman–Crippen LogP) is 1.10. The molecule has 0 saturated heterocycles. The monoisotopic (exact) mass is 337 g/mol. The van der Waals surface area contributed by atoms with E-state index in [9.17, 15) is 9.59 Å². The van der Waals surface area contributed by atoms with Gasteiger partial charge in [0.2, 0.25) is 0 Å². The van der Waals surface area contributed by atoms with Crippen LogP contribution in [0.5, 0.6) is 11.5 Å². The number of amidine groups is 1. The van der Waals surface area contributed by atoms with Crippen LogP contribution in [0.1, 0.15) is 18.5 Å². The number of nitrogens with zero attached hydrogens (tertiary/aromatic N) is 1. The van der Waals surface area contributed by atoms with Crippen molar-refractivity contribution in [2.24, 2.45) is 4.99 Å². The first kappa shape index (κ1) is 17.1. The van der Waals surface area contributed by atoms with Crippen molar-refractivity contribution >= 4 is 28.7 Å². The molecule has 1 atom stereocenters. The standard InChI is InChI=1S/C15H19N3O4S/c1-9(10-4-5-11(21-2)12(8-10)22-3)17-13(19)14(20)18-15-16-6-7-23-15/h4-5,8-9H,6-7H2,1-3H3,(H,17,19)(H,16,18,20). The summed E-state index contributed by atoms with van der Waals surface area (Å²) in [5.41, 5.74) is 0.802. The van der Waals surface area contributed by atoms with Crippen LogP contribution in [0, 0.1) is 0 Å². The summed E-state index contributed by atoms with van der Waals surface area (Å²) >= 11 is 1.42. The molecule has 1 heterocycles. The van der Waals surface area contributed by atoms with Crippen molar-refractivity contribution in [1.82, 2.24) is 10.6 Å². The Morgan fingerprint density at radius 3 is 2.57 bits per heavy atom. The molecule has 0 aliphatic carbocycles. The fourth-order valence-corrected chi connectivity index (χ4v) is 2.76. The second-order valence-corrected chi connectivity index (χ2v) is 5.88. The Kier molecular flexibility index (Phi) is 5.86. The van der Waals surface area contributed by atoms with E-state index in [1.54, 1.807) is 32.2 Å². The Hall–Kier alpha value is -2.22. The van der Waals surface area contributed by atoms with Crippen LogP contribution in [0.3, 0.4) is 0 Å². The van der Waals surface area contributed by atoms with E-state index >= 15 is 0 Å². The number of methoxy groups -OCH3 is 2. The third-order valence-corrected chi connectivity index (χ3v) is 4.16. The van der Waals surface area contributed by atoms with Crippen LogP contribution in [-0.2, 0) is 9.59 Å². The fourth-order valence-electron chi connectivity index (χ4n) is 2.03. The highest BCUT2D eigenvalue weighted by Crippen LogP contribution is 2.29. The van der Waals surface area contributed by atoms with E-state index in [1.165, 1.54) is 18.9 Å². The zero-order valence-corrected chi connectivity index (χ0v) is 14.0. The largest absolute Gasteiger partial charge is 0.493 e. The molecule has 0 radical (unpaired) electrons. The summed E-state index contributed by atoms with van der Waals surface area (Å²) in [5, 5.41) is 5.63. The van der Waals surface area contributed by atoms with Crippen LogP contribution >= 0.6 is 11.8 Å². The van der Waals surface area contributed by atoms with Crippen molar-refractivity contribution < 1.29 is 19.1 Å². The maximum atomic E-state index is 11.9. The van der Waals surface area contributed by atoms with Gasteiger partial charge in [0.25, 0.3) is 0 Å². The Bertz CT molecular complexity index is 633. The number of hydrogen-bond acceptors (Lipinski definition) is 6. The van der Waals surface area contributed by atoms with E-state index in [0.717, 1.165) is 11.3 Å². The van der Waals surface area contributed by atoms with Gasteiger partial charge in [-0.1, -0.05) is 17.8 Å². The number of nitrogens with one attached hydrogen (secondary N) is 2. The quantitative estimate of drug-likeness (QED) is 0.803. The Morgan fingerprint density at radius 2 is 1.96 bits per heavy atom. The molecule has 1 aliphatic heterocycles. The molecule has 0 aromatic heterocycles. The molecule has 1 aromatic rings. The molecule has 0 bridgehead atoms. The first-order valence-electron chi connectivity index (χ1n) is 7.06. The molecule has 7 nitrogen and oxygen atoms in total. The third kappa shape index (κ3) is 4.38. The van der Waals surface area contributed by atoms with Crippen molar-refractivity contribution in [1.29, 1.82) is 0 Å². The highest BCUT2D eigenvalue weighted by atomic mass is 32.2. The van der Waals surface area contributed by atoms with Crippen LogP contribution < -0.4 is 20.1 Å². The molecule has 124 valence electrons. The maximum Gasteiger partial charge on any atom is 0.315 e. The molecular weight excluding hydrogens is 318 g/mol. The molecule has 0 spiro atoms. The van der Waals surface area contributed by atoms with Gasteiger partial charge in [-0.3, -0.25) is 19.9 Å². The smallest absolute Gasteiger partial charge is 0.315 e. The average molecular weight is 337 g/mol. The van der Waals surface area contributed by atoms with Gasteiger partial charge in [-0.05, 0) is 24.6 Å². The SMILES string of the molecule is COc1ccc(C(C)NC(=O)C(=O)NC2=NCCS2)cc1OC. The van der Waals surface area contributed by atoms with E-state index in [-0.39, 0.29) is 6.04 Å². The highest BCUT2D eigenvalue weighted by molar-refractivity contribution is 8.14. The van der Waals surface area contributed by atoms with Crippen LogP contribution in [0.25, 0.3) is 0 Å². The number of amides is 2. The number of carbonyl (C=O) groups excluding carboxylic acids is 2. The van der Waals surface area contributed by atoms with Gasteiger partial charge < -0.3 is 14.8 Å². The lowest BCUT2D eigenvalue weighted by Crippen LogP contribution is -2.42. The zero-order valence-electron chi connectivity index (χ0n) is 13.2. The highest BCUT2D eigenvalue weighted by Gasteiger charge is 2.20. The number of benzene rings is 1. The summed E-state index contributed by atoms with van der Waals surface area (Å²) in [6, 6.07) is 4.96. The number of thioether (sulfide) groups is 1. The summed E-state index contributed by atoms with van der Waals surface area (Å²) in [5.74, 6) is 0.559. The molecule has 8 heteroatoms. The topological polar surface area (TPSA) is 89.0 Å². The number of ether oxygens (including phenoxy) is 2. The minimum Gasteiger partial charge on any atom is -0.493 e. The minimum absolute atomic E-state index is 0.355. The second kappa shape index (κ2) is 7.87. The van der Waals surface area contributed by atoms with Crippen LogP contribution in [0.2, 0.25) is 0 Å². The molecule has 2 N–H and O–H groups in total. The van der Waals surface area contributed by atoms with Crippen molar-refractivity contribution in [2.45, 2.75) is 13.0 Å². The molecular formula is C15H19N3O4S. The van der Waals surface area contributed by atoms with Crippen molar-refractivity contribution in [3.05, 3.63) is 23.8 Å². The maximum absolute atomic E-state index is 11.9. The van der Waals surface area contributed by atoms with E-state index in [1.807, 2.05) is 0 Å². The van der Waals surface area contributed by atoms with Gasteiger partial charge in [-0.2, -0.15) is 0 Å². The third-order valence-electron chi connectivity index (χ3n) is 3.27. The fraction of sp³-hybridized carbons (Fsp3) is 0.400. The van der Waals surface area contributed by atoms with Crippen molar-refractivity contribution in [2.75, 3.05) is 26.5 Å². The number of carbonyl (C=O) groups is 2. The molecule has 1 aliphatic rings. The van der Waals surface area contributed by atoms with Crippen LogP contribution in [-0.4, -0.2) is 43.5 Å². The molecule has 23 heavy (non-hydrogen) atoms. The molecule has 1 unspecified atom stereocenters. The number of aliphatic imine (C=N–C) groups is 1. The van der Waals surface area contributed by atoms with Crippen LogP contribution in [0.15, 0.2) is 23.2 Å².